The number of tetrazole rings is 1. The molecule has 1 heterocycles. The summed E-state index contributed by atoms with van der Waals surface area (Å²) in [6.45, 7) is 4.78. The summed E-state index contributed by atoms with van der Waals surface area (Å²) in [6, 6.07) is 0.418. The maximum atomic E-state index is 12.6. The lowest BCUT2D eigenvalue weighted by atomic mass is 9.94. The lowest BCUT2D eigenvalue weighted by Gasteiger charge is -2.35. The molecule has 112 valence electrons. The SMILES string of the molecule is CCN(C(=O)[C@@H](C)Sc1nnnn1C)C1CCCCC1. The number of hydrogen-bond donors (Lipinski definition) is 0. The molecule has 1 fully saturated rings. The number of aryl methyl sites for hydroxylation is 1. The van der Waals surface area contributed by atoms with E-state index in [0.29, 0.717) is 11.2 Å². The number of carbonyl (C=O) groups excluding carboxylic acids is 1. The molecule has 1 aliphatic rings. The summed E-state index contributed by atoms with van der Waals surface area (Å²) >= 11 is 1.43. The van der Waals surface area contributed by atoms with Crippen molar-refractivity contribution in [2.75, 3.05) is 6.54 Å². The van der Waals surface area contributed by atoms with Crippen molar-refractivity contribution in [3.8, 4) is 0 Å². The Bertz CT molecular complexity index is 444. The highest BCUT2D eigenvalue weighted by atomic mass is 32.2. The van der Waals surface area contributed by atoms with Gasteiger partial charge in [0.25, 0.3) is 0 Å². The Morgan fingerprint density at radius 3 is 2.70 bits per heavy atom. The van der Waals surface area contributed by atoms with Crippen molar-refractivity contribution < 1.29 is 4.79 Å². The van der Waals surface area contributed by atoms with E-state index in [0.717, 1.165) is 19.4 Å². The lowest BCUT2D eigenvalue weighted by Crippen LogP contribution is -2.44. The number of thioether (sulfide) groups is 1. The van der Waals surface area contributed by atoms with Crippen LogP contribution in [0.25, 0.3) is 0 Å². The third-order valence-corrected chi connectivity index (χ3v) is 4.96. The zero-order valence-corrected chi connectivity index (χ0v) is 13.3. The fourth-order valence-corrected chi connectivity index (χ4v) is 3.57. The van der Waals surface area contributed by atoms with Crippen LogP contribution < -0.4 is 0 Å². The van der Waals surface area contributed by atoms with Gasteiger partial charge in [-0.1, -0.05) is 31.0 Å². The van der Waals surface area contributed by atoms with E-state index in [1.807, 2.05) is 11.8 Å². The van der Waals surface area contributed by atoms with Crippen LogP contribution in [-0.2, 0) is 11.8 Å². The molecule has 0 bridgehead atoms. The van der Waals surface area contributed by atoms with E-state index in [4.69, 9.17) is 0 Å². The van der Waals surface area contributed by atoms with Crippen molar-refractivity contribution in [1.82, 2.24) is 25.1 Å². The molecule has 0 radical (unpaired) electrons. The molecule has 0 spiro atoms. The van der Waals surface area contributed by atoms with E-state index in [-0.39, 0.29) is 11.2 Å². The molecule has 1 aliphatic carbocycles. The van der Waals surface area contributed by atoms with E-state index in [9.17, 15) is 4.79 Å². The fraction of sp³-hybridized carbons (Fsp3) is 0.846. The summed E-state index contributed by atoms with van der Waals surface area (Å²) in [7, 11) is 1.79. The molecule has 0 aromatic carbocycles. The summed E-state index contributed by atoms with van der Waals surface area (Å²) in [5.74, 6) is 0.201. The first-order valence-corrected chi connectivity index (χ1v) is 8.21. The van der Waals surface area contributed by atoms with Crippen molar-refractivity contribution in [3.05, 3.63) is 0 Å². The highest BCUT2D eigenvalue weighted by molar-refractivity contribution is 8.00. The van der Waals surface area contributed by atoms with Crippen LogP contribution in [0.3, 0.4) is 0 Å². The van der Waals surface area contributed by atoms with Crippen LogP contribution in [0.4, 0.5) is 0 Å². The number of carbonyl (C=O) groups is 1. The molecule has 0 unspecified atom stereocenters. The van der Waals surface area contributed by atoms with Gasteiger partial charge in [0.15, 0.2) is 0 Å². The van der Waals surface area contributed by atoms with Gasteiger partial charge in [-0.15, -0.1) is 5.10 Å². The third-order valence-electron chi connectivity index (χ3n) is 3.85. The van der Waals surface area contributed by atoms with E-state index in [1.54, 1.807) is 11.7 Å². The quantitative estimate of drug-likeness (QED) is 0.776. The number of rotatable bonds is 5. The molecular formula is C13H23N5OS. The Morgan fingerprint density at radius 1 is 1.45 bits per heavy atom. The third kappa shape index (κ3) is 3.50. The van der Waals surface area contributed by atoms with Crippen LogP contribution in [0.1, 0.15) is 46.0 Å². The maximum Gasteiger partial charge on any atom is 0.236 e. The molecule has 1 amide bonds. The van der Waals surface area contributed by atoms with E-state index >= 15 is 0 Å². The largest absolute Gasteiger partial charge is 0.339 e. The van der Waals surface area contributed by atoms with Crippen LogP contribution in [0.5, 0.6) is 0 Å². The molecule has 1 aromatic heterocycles. The first kappa shape index (κ1) is 15.3. The van der Waals surface area contributed by atoms with E-state index in [2.05, 4.69) is 22.4 Å². The monoisotopic (exact) mass is 297 g/mol. The summed E-state index contributed by atoms with van der Waals surface area (Å²) < 4.78 is 1.60. The molecule has 1 atom stereocenters. The fourth-order valence-electron chi connectivity index (χ4n) is 2.75. The number of nitrogens with zero attached hydrogens (tertiary/aromatic N) is 5. The smallest absolute Gasteiger partial charge is 0.236 e. The standard InChI is InChI=1S/C13H23N5OS/c1-4-18(11-8-6-5-7-9-11)12(19)10(2)20-13-14-15-16-17(13)3/h10-11H,4-9H2,1-3H3/t10-/m1/s1. The van der Waals surface area contributed by atoms with Gasteiger partial charge in [0.05, 0.1) is 5.25 Å². The summed E-state index contributed by atoms with van der Waals surface area (Å²) in [5.41, 5.74) is 0. The molecule has 20 heavy (non-hydrogen) atoms. The van der Waals surface area contributed by atoms with Crippen LogP contribution in [0.2, 0.25) is 0 Å². The van der Waals surface area contributed by atoms with Crippen molar-refractivity contribution in [1.29, 1.82) is 0 Å². The minimum Gasteiger partial charge on any atom is -0.339 e. The predicted octanol–water partition coefficient (Wildman–Crippen LogP) is 1.87. The zero-order valence-electron chi connectivity index (χ0n) is 12.4. The van der Waals surface area contributed by atoms with Gasteiger partial charge in [0.2, 0.25) is 11.1 Å². The Morgan fingerprint density at radius 2 is 2.15 bits per heavy atom. The van der Waals surface area contributed by atoms with E-state index in [1.165, 1.54) is 31.0 Å². The number of aromatic nitrogens is 4. The second-order valence-corrected chi connectivity index (χ2v) is 6.57. The average molecular weight is 297 g/mol. The minimum absolute atomic E-state index is 0.151. The van der Waals surface area contributed by atoms with Gasteiger partial charge in [0, 0.05) is 19.6 Å². The molecule has 7 heteroatoms. The second-order valence-electron chi connectivity index (χ2n) is 5.26. The van der Waals surface area contributed by atoms with Gasteiger partial charge in [0.1, 0.15) is 0 Å². The van der Waals surface area contributed by atoms with Crippen LogP contribution >= 0.6 is 11.8 Å². The average Bonchev–Trinajstić information content (AvgIpc) is 2.86. The van der Waals surface area contributed by atoms with Crippen molar-refractivity contribution >= 4 is 17.7 Å². The summed E-state index contributed by atoms with van der Waals surface area (Å²) in [6.07, 6.45) is 6.06. The van der Waals surface area contributed by atoms with Gasteiger partial charge in [-0.3, -0.25) is 4.79 Å². The van der Waals surface area contributed by atoms with Crippen LogP contribution in [0, 0.1) is 0 Å². The second kappa shape index (κ2) is 7.06. The van der Waals surface area contributed by atoms with Gasteiger partial charge in [-0.25, -0.2) is 4.68 Å². The molecule has 0 aliphatic heterocycles. The highest BCUT2D eigenvalue weighted by Crippen LogP contribution is 2.26. The minimum atomic E-state index is -0.151. The van der Waals surface area contributed by atoms with E-state index < -0.39 is 0 Å². The Balaban J connectivity index is 1.98. The number of hydrogen-bond acceptors (Lipinski definition) is 5. The van der Waals surface area contributed by atoms with Gasteiger partial charge >= 0.3 is 0 Å². The topological polar surface area (TPSA) is 63.9 Å². The molecule has 2 rings (SSSR count). The Hall–Kier alpha value is -1.11. The number of amides is 1. The first-order valence-electron chi connectivity index (χ1n) is 7.33. The zero-order chi connectivity index (χ0) is 14.5. The van der Waals surface area contributed by atoms with Crippen molar-refractivity contribution in [3.63, 3.8) is 0 Å². The van der Waals surface area contributed by atoms with Crippen molar-refractivity contribution in [2.24, 2.45) is 7.05 Å². The molecule has 1 saturated carbocycles. The molecule has 1 aromatic rings. The van der Waals surface area contributed by atoms with Crippen LogP contribution in [-0.4, -0.2) is 48.9 Å². The maximum absolute atomic E-state index is 12.6. The van der Waals surface area contributed by atoms with Gasteiger partial charge < -0.3 is 4.90 Å². The highest BCUT2D eigenvalue weighted by Gasteiger charge is 2.28. The lowest BCUT2D eigenvalue weighted by molar-refractivity contribution is -0.133. The van der Waals surface area contributed by atoms with Gasteiger partial charge in [-0.05, 0) is 37.1 Å². The van der Waals surface area contributed by atoms with Gasteiger partial charge in [-0.2, -0.15) is 0 Å². The molecule has 6 nitrogen and oxygen atoms in total. The Labute approximate surface area is 124 Å². The molecule has 0 saturated heterocycles. The summed E-state index contributed by atoms with van der Waals surface area (Å²) in [5, 5.41) is 11.9. The molecular weight excluding hydrogens is 274 g/mol. The predicted molar refractivity (Wildman–Crippen MR) is 78.4 cm³/mol. The molecule has 0 N–H and O–H groups in total. The normalized spacial score (nSPS) is 17.9. The first-order chi connectivity index (χ1) is 9.63. The summed E-state index contributed by atoms with van der Waals surface area (Å²) in [4.78, 5) is 14.7. The Kier molecular flexibility index (Phi) is 5.39. The van der Waals surface area contributed by atoms with Crippen molar-refractivity contribution in [2.45, 2.75) is 62.4 Å². The van der Waals surface area contributed by atoms with Crippen LogP contribution in [0.15, 0.2) is 5.16 Å².